The van der Waals surface area contributed by atoms with Crippen LogP contribution in [0.4, 0.5) is 0 Å². The molecule has 0 radical (unpaired) electrons. The molecule has 5 heteroatoms. The third-order valence-electron chi connectivity index (χ3n) is 1.28. The van der Waals surface area contributed by atoms with Crippen LogP contribution in [0.2, 0.25) is 0 Å². The van der Waals surface area contributed by atoms with Gasteiger partial charge >= 0.3 is 5.97 Å². The van der Waals surface area contributed by atoms with Crippen LogP contribution < -0.4 is 5.32 Å². The summed E-state index contributed by atoms with van der Waals surface area (Å²) in [5.74, 6) is -0.776. The molecule has 0 saturated heterocycles. The zero-order chi connectivity index (χ0) is 8.81. The van der Waals surface area contributed by atoms with Gasteiger partial charge in [-0.1, -0.05) is 0 Å². The minimum atomic E-state index is -0.776. The van der Waals surface area contributed by atoms with Gasteiger partial charge < -0.3 is 10.4 Å². The van der Waals surface area contributed by atoms with Crippen molar-refractivity contribution in [3.8, 4) is 0 Å². The Labute approximate surface area is 74.3 Å². The lowest BCUT2D eigenvalue weighted by Crippen LogP contribution is -2.17. The molecule has 0 amide bonds. The second-order valence-corrected chi connectivity index (χ2v) is 3.23. The molecule has 0 unspecified atom stereocenters. The average Bonchev–Trinajstić information content (AvgIpc) is 2.49. The summed E-state index contributed by atoms with van der Waals surface area (Å²) in [6.45, 7) is 1.15. The van der Waals surface area contributed by atoms with Gasteiger partial charge in [-0.25, -0.2) is 4.98 Å². The van der Waals surface area contributed by atoms with Crippen LogP contribution in [0, 0.1) is 0 Å². The first kappa shape index (κ1) is 9.15. The SMILES string of the molecule is O=C(O)CCNCc1nccs1. The van der Waals surface area contributed by atoms with Crippen LogP contribution in [-0.4, -0.2) is 22.6 Å². The van der Waals surface area contributed by atoms with Gasteiger partial charge in [0, 0.05) is 24.7 Å². The number of aromatic nitrogens is 1. The molecule has 1 heterocycles. The second kappa shape index (κ2) is 4.84. The van der Waals surface area contributed by atoms with Crippen LogP contribution in [0.25, 0.3) is 0 Å². The molecule has 1 aromatic rings. The maximum atomic E-state index is 10.1. The summed E-state index contributed by atoms with van der Waals surface area (Å²) in [7, 11) is 0. The lowest BCUT2D eigenvalue weighted by molar-refractivity contribution is -0.136. The summed E-state index contributed by atoms with van der Waals surface area (Å²) in [5.41, 5.74) is 0. The number of carbonyl (C=O) groups is 1. The number of aliphatic carboxylic acids is 1. The fraction of sp³-hybridized carbons (Fsp3) is 0.429. The number of nitrogens with zero attached hydrogens (tertiary/aromatic N) is 1. The average molecular weight is 186 g/mol. The molecule has 2 N–H and O–H groups in total. The number of rotatable bonds is 5. The summed E-state index contributed by atoms with van der Waals surface area (Å²) in [4.78, 5) is 14.1. The molecular formula is C7H10N2O2S. The van der Waals surface area contributed by atoms with Gasteiger partial charge in [-0.05, 0) is 0 Å². The van der Waals surface area contributed by atoms with E-state index in [1.165, 1.54) is 0 Å². The highest BCUT2D eigenvalue weighted by Crippen LogP contribution is 2.02. The molecule has 0 saturated carbocycles. The van der Waals surface area contributed by atoms with E-state index in [1.54, 1.807) is 17.5 Å². The normalized spacial score (nSPS) is 10.0. The topological polar surface area (TPSA) is 62.2 Å². The van der Waals surface area contributed by atoms with Gasteiger partial charge in [0.05, 0.1) is 6.42 Å². The van der Waals surface area contributed by atoms with Crippen LogP contribution in [-0.2, 0) is 11.3 Å². The first-order valence-corrected chi connectivity index (χ1v) is 4.48. The van der Waals surface area contributed by atoms with Crippen LogP contribution >= 0.6 is 11.3 Å². The zero-order valence-corrected chi connectivity index (χ0v) is 7.30. The van der Waals surface area contributed by atoms with Crippen molar-refractivity contribution >= 4 is 17.3 Å². The van der Waals surface area contributed by atoms with Crippen molar-refractivity contribution in [2.24, 2.45) is 0 Å². The third kappa shape index (κ3) is 3.45. The molecule has 0 aliphatic rings. The molecule has 1 aromatic heterocycles. The van der Waals surface area contributed by atoms with Crippen molar-refractivity contribution < 1.29 is 9.90 Å². The Hall–Kier alpha value is -0.940. The lowest BCUT2D eigenvalue weighted by Gasteiger charge is -1.97. The van der Waals surface area contributed by atoms with E-state index in [1.807, 2.05) is 5.38 Å². The Morgan fingerprint density at radius 1 is 1.75 bits per heavy atom. The number of carboxylic acid groups (broad SMARTS) is 1. The van der Waals surface area contributed by atoms with Crippen molar-refractivity contribution in [2.45, 2.75) is 13.0 Å². The number of hydrogen-bond acceptors (Lipinski definition) is 4. The van der Waals surface area contributed by atoms with Crippen LogP contribution in [0.15, 0.2) is 11.6 Å². The number of nitrogens with one attached hydrogen (secondary N) is 1. The van der Waals surface area contributed by atoms with Gasteiger partial charge in [-0.2, -0.15) is 0 Å². The first-order chi connectivity index (χ1) is 5.79. The van der Waals surface area contributed by atoms with Gasteiger partial charge in [0.1, 0.15) is 5.01 Å². The minimum Gasteiger partial charge on any atom is -0.481 e. The van der Waals surface area contributed by atoms with Gasteiger partial charge in [0.25, 0.3) is 0 Å². The lowest BCUT2D eigenvalue weighted by atomic mass is 10.4. The Balaban J connectivity index is 2.07. The highest BCUT2D eigenvalue weighted by molar-refractivity contribution is 7.09. The van der Waals surface area contributed by atoms with E-state index in [-0.39, 0.29) is 6.42 Å². The van der Waals surface area contributed by atoms with Crippen molar-refractivity contribution in [3.05, 3.63) is 16.6 Å². The van der Waals surface area contributed by atoms with E-state index < -0.39 is 5.97 Å². The predicted molar refractivity (Wildman–Crippen MR) is 46.1 cm³/mol. The molecule has 0 aromatic carbocycles. The number of hydrogen-bond donors (Lipinski definition) is 2. The summed E-state index contributed by atoms with van der Waals surface area (Å²) >= 11 is 1.56. The van der Waals surface area contributed by atoms with E-state index in [4.69, 9.17) is 5.11 Å². The van der Waals surface area contributed by atoms with Crippen molar-refractivity contribution in [1.29, 1.82) is 0 Å². The molecule has 0 spiro atoms. The fourth-order valence-corrected chi connectivity index (χ4v) is 1.32. The van der Waals surface area contributed by atoms with Gasteiger partial charge in [-0.3, -0.25) is 4.79 Å². The van der Waals surface area contributed by atoms with E-state index in [0.717, 1.165) is 5.01 Å². The number of carboxylic acids is 1. The summed E-state index contributed by atoms with van der Waals surface area (Å²) in [5, 5.41) is 14.2. The molecule has 0 aliphatic carbocycles. The van der Waals surface area contributed by atoms with Gasteiger partial charge in [-0.15, -0.1) is 11.3 Å². The van der Waals surface area contributed by atoms with E-state index in [9.17, 15) is 4.79 Å². The second-order valence-electron chi connectivity index (χ2n) is 2.25. The smallest absolute Gasteiger partial charge is 0.304 e. The fourth-order valence-electron chi connectivity index (χ4n) is 0.731. The minimum absolute atomic E-state index is 0.158. The molecule has 0 atom stereocenters. The third-order valence-corrected chi connectivity index (χ3v) is 2.05. The first-order valence-electron chi connectivity index (χ1n) is 3.60. The molecular weight excluding hydrogens is 176 g/mol. The summed E-state index contributed by atoms with van der Waals surface area (Å²) < 4.78 is 0. The highest BCUT2D eigenvalue weighted by atomic mass is 32.1. The molecule has 0 bridgehead atoms. The van der Waals surface area contributed by atoms with Gasteiger partial charge in [0.2, 0.25) is 0 Å². The standard InChI is InChI=1S/C7H10N2O2S/c10-7(11)1-2-8-5-6-9-3-4-12-6/h3-4,8H,1-2,5H2,(H,10,11). The van der Waals surface area contributed by atoms with Crippen molar-refractivity contribution in [3.63, 3.8) is 0 Å². The highest BCUT2D eigenvalue weighted by Gasteiger charge is 1.97. The van der Waals surface area contributed by atoms with E-state index in [0.29, 0.717) is 13.1 Å². The Bertz CT molecular complexity index is 236. The Morgan fingerprint density at radius 3 is 3.17 bits per heavy atom. The zero-order valence-electron chi connectivity index (χ0n) is 6.49. The Morgan fingerprint density at radius 2 is 2.58 bits per heavy atom. The Kier molecular flexibility index (Phi) is 3.69. The van der Waals surface area contributed by atoms with Crippen LogP contribution in [0.3, 0.4) is 0 Å². The molecule has 0 aliphatic heterocycles. The molecule has 0 fully saturated rings. The van der Waals surface area contributed by atoms with E-state index >= 15 is 0 Å². The van der Waals surface area contributed by atoms with E-state index in [2.05, 4.69) is 10.3 Å². The van der Waals surface area contributed by atoms with Crippen LogP contribution in [0.5, 0.6) is 0 Å². The maximum absolute atomic E-state index is 10.1. The molecule has 4 nitrogen and oxygen atoms in total. The van der Waals surface area contributed by atoms with Crippen LogP contribution in [0.1, 0.15) is 11.4 Å². The quantitative estimate of drug-likeness (QED) is 0.665. The molecule has 1 rings (SSSR count). The maximum Gasteiger partial charge on any atom is 0.304 e. The van der Waals surface area contributed by atoms with Crippen molar-refractivity contribution in [2.75, 3.05) is 6.54 Å². The molecule has 66 valence electrons. The van der Waals surface area contributed by atoms with Crippen molar-refractivity contribution in [1.82, 2.24) is 10.3 Å². The monoisotopic (exact) mass is 186 g/mol. The predicted octanol–water partition coefficient (Wildman–Crippen LogP) is 0.707. The largest absolute Gasteiger partial charge is 0.481 e. The summed E-state index contributed by atoms with van der Waals surface area (Å²) in [6.07, 6.45) is 1.89. The summed E-state index contributed by atoms with van der Waals surface area (Å²) in [6, 6.07) is 0. The number of thiazole rings is 1. The molecule has 12 heavy (non-hydrogen) atoms. The van der Waals surface area contributed by atoms with Gasteiger partial charge in [0.15, 0.2) is 0 Å².